The number of methoxy groups -OCH3 is 1. The van der Waals surface area contributed by atoms with Crippen molar-refractivity contribution >= 4 is 40.3 Å². The largest absolute Gasteiger partial charge is 0.468 e. The van der Waals surface area contributed by atoms with Crippen LogP contribution in [0.5, 0.6) is 0 Å². The summed E-state index contributed by atoms with van der Waals surface area (Å²) in [6, 6.07) is 6.87. The number of esters is 1. The number of nitrogens with one attached hydrogen (secondary N) is 1. The summed E-state index contributed by atoms with van der Waals surface area (Å²) in [5, 5.41) is 2.68. The van der Waals surface area contributed by atoms with Gasteiger partial charge in [0.15, 0.2) is 0 Å². The molecule has 0 spiro atoms. The lowest BCUT2D eigenvalue weighted by molar-refractivity contribution is -0.137. The molecule has 0 saturated heterocycles. The number of rotatable bonds is 3. The smallest absolute Gasteiger partial charge is 0.316 e. The van der Waals surface area contributed by atoms with Crippen molar-refractivity contribution in [3.63, 3.8) is 0 Å². The van der Waals surface area contributed by atoms with Crippen LogP contribution in [0, 0.1) is 0 Å². The topological polar surface area (TPSA) is 55.4 Å². The highest BCUT2D eigenvalue weighted by atomic mass is 35.5. The van der Waals surface area contributed by atoms with Crippen LogP contribution in [-0.2, 0) is 9.53 Å². The molecule has 0 saturated carbocycles. The van der Waals surface area contributed by atoms with Gasteiger partial charge in [-0.25, -0.2) is 0 Å². The van der Waals surface area contributed by atoms with E-state index in [4.69, 9.17) is 11.6 Å². The van der Waals surface area contributed by atoms with Gasteiger partial charge < -0.3 is 10.1 Å². The van der Waals surface area contributed by atoms with Gasteiger partial charge in [0.2, 0.25) is 0 Å². The number of hydrogen-bond acceptors (Lipinski definition) is 4. The van der Waals surface area contributed by atoms with Crippen LogP contribution in [0.4, 0.5) is 10.5 Å². The fraction of sp³-hybridized carbons (Fsp3) is 0.200. The fourth-order valence-electron chi connectivity index (χ4n) is 0.892. The van der Waals surface area contributed by atoms with Crippen molar-refractivity contribution in [1.29, 1.82) is 0 Å². The Bertz CT molecular complexity index is 397. The molecule has 0 unspecified atom stereocenters. The molecule has 1 N–H and O–H groups in total. The third kappa shape index (κ3) is 4.12. The van der Waals surface area contributed by atoms with E-state index in [9.17, 15) is 9.59 Å². The molecule has 1 amide bonds. The van der Waals surface area contributed by atoms with Gasteiger partial charge in [-0.15, -0.1) is 0 Å². The van der Waals surface area contributed by atoms with Crippen LogP contribution in [0.2, 0.25) is 5.02 Å². The van der Waals surface area contributed by atoms with Gasteiger partial charge in [0, 0.05) is 0 Å². The average molecular weight is 260 g/mol. The molecule has 6 heteroatoms. The van der Waals surface area contributed by atoms with E-state index in [0.717, 1.165) is 11.8 Å². The lowest BCUT2D eigenvalue weighted by Gasteiger charge is -2.05. The van der Waals surface area contributed by atoms with Gasteiger partial charge >= 0.3 is 5.97 Å². The van der Waals surface area contributed by atoms with E-state index >= 15 is 0 Å². The van der Waals surface area contributed by atoms with Crippen LogP contribution >= 0.6 is 23.4 Å². The number of thioether (sulfide) groups is 1. The molecule has 4 nitrogen and oxygen atoms in total. The maximum atomic E-state index is 11.4. The Labute approximate surface area is 102 Å². The van der Waals surface area contributed by atoms with Gasteiger partial charge in [0.1, 0.15) is 5.75 Å². The second kappa shape index (κ2) is 6.40. The summed E-state index contributed by atoms with van der Waals surface area (Å²) in [5.41, 5.74) is 0.520. The lowest BCUT2D eigenvalue weighted by Crippen LogP contribution is -2.10. The Morgan fingerprint density at radius 2 is 2.12 bits per heavy atom. The van der Waals surface area contributed by atoms with Crippen LogP contribution in [0.25, 0.3) is 0 Å². The van der Waals surface area contributed by atoms with Gasteiger partial charge in [-0.3, -0.25) is 9.59 Å². The van der Waals surface area contributed by atoms with Crippen LogP contribution < -0.4 is 5.32 Å². The molecule has 0 radical (unpaired) electrons. The molecule has 0 atom stereocenters. The monoisotopic (exact) mass is 259 g/mol. The van der Waals surface area contributed by atoms with Gasteiger partial charge in [-0.05, 0) is 12.1 Å². The first-order chi connectivity index (χ1) is 7.63. The number of ether oxygens (including phenoxy) is 1. The number of carbonyl (C=O) groups excluding carboxylic acids is 2. The van der Waals surface area contributed by atoms with Gasteiger partial charge in [0.25, 0.3) is 5.24 Å². The number of halogens is 1. The molecule has 86 valence electrons. The van der Waals surface area contributed by atoms with Crippen molar-refractivity contribution in [2.24, 2.45) is 0 Å². The maximum absolute atomic E-state index is 11.4. The van der Waals surface area contributed by atoms with E-state index in [2.05, 4.69) is 10.1 Å². The molecule has 1 rings (SSSR count). The first-order valence-corrected chi connectivity index (χ1v) is 5.75. The van der Waals surface area contributed by atoms with Crippen molar-refractivity contribution < 1.29 is 14.3 Å². The van der Waals surface area contributed by atoms with E-state index < -0.39 is 5.97 Å². The first-order valence-electron chi connectivity index (χ1n) is 4.38. The molecule has 0 fully saturated rings. The molecule has 0 aliphatic rings. The Morgan fingerprint density at radius 1 is 1.44 bits per heavy atom. The van der Waals surface area contributed by atoms with E-state index in [-0.39, 0.29) is 11.0 Å². The van der Waals surface area contributed by atoms with Crippen LogP contribution in [0.3, 0.4) is 0 Å². The summed E-state index contributed by atoms with van der Waals surface area (Å²) in [5.74, 6) is -0.466. The Hall–Kier alpha value is -1.20. The molecular weight excluding hydrogens is 250 g/mol. The lowest BCUT2D eigenvalue weighted by atomic mass is 10.3. The zero-order valence-electron chi connectivity index (χ0n) is 8.53. The third-order valence-electron chi connectivity index (χ3n) is 1.66. The molecule has 1 aromatic rings. The second-order valence-electron chi connectivity index (χ2n) is 2.76. The molecule has 1 aromatic carbocycles. The number of amides is 1. The van der Waals surface area contributed by atoms with Crippen molar-refractivity contribution in [3.8, 4) is 0 Å². The summed E-state index contributed by atoms with van der Waals surface area (Å²) in [6.45, 7) is 0. The predicted octanol–water partition coefficient (Wildman–Crippen LogP) is 2.78. The zero-order chi connectivity index (χ0) is 12.0. The standard InChI is InChI=1S/C10H10ClNO3S/c1-15-9(13)6-16-10(14)12-8-5-3-2-4-7(8)11/h2-5H,6H2,1H3,(H,12,14). The SMILES string of the molecule is COC(=O)CSC(=O)Nc1ccccc1Cl. The minimum Gasteiger partial charge on any atom is -0.468 e. The number of carbonyl (C=O) groups is 2. The minimum atomic E-state index is -0.445. The van der Waals surface area contributed by atoms with Crippen LogP contribution in [-0.4, -0.2) is 24.1 Å². The number of para-hydroxylation sites is 1. The molecule has 0 aliphatic heterocycles. The maximum Gasteiger partial charge on any atom is 0.316 e. The number of hydrogen-bond donors (Lipinski definition) is 1. The molecular formula is C10H10ClNO3S. The quantitative estimate of drug-likeness (QED) is 0.848. The average Bonchev–Trinajstić information content (AvgIpc) is 2.29. The van der Waals surface area contributed by atoms with E-state index in [0.29, 0.717) is 10.7 Å². The molecule has 16 heavy (non-hydrogen) atoms. The fourth-order valence-corrected chi connectivity index (χ4v) is 1.62. The van der Waals surface area contributed by atoms with Crippen molar-refractivity contribution in [2.45, 2.75) is 0 Å². The Morgan fingerprint density at radius 3 is 2.75 bits per heavy atom. The van der Waals surface area contributed by atoms with Gasteiger partial charge in [0.05, 0.1) is 17.8 Å². The summed E-state index contributed by atoms with van der Waals surface area (Å²) in [7, 11) is 1.27. The van der Waals surface area contributed by atoms with Gasteiger partial charge in [-0.1, -0.05) is 35.5 Å². The highest BCUT2D eigenvalue weighted by Crippen LogP contribution is 2.21. The van der Waals surface area contributed by atoms with Crippen LogP contribution in [0.1, 0.15) is 0 Å². The first kappa shape index (κ1) is 12.9. The summed E-state index contributed by atoms with van der Waals surface area (Å²) in [6.07, 6.45) is 0. The molecule has 0 aromatic heterocycles. The van der Waals surface area contributed by atoms with E-state index in [1.54, 1.807) is 24.3 Å². The predicted molar refractivity (Wildman–Crippen MR) is 64.9 cm³/mol. The Kier molecular flexibility index (Phi) is 5.14. The number of benzene rings is 1. The third-order valence-corrected chi connectivity index (χ3v) is 2.73. The number of anilines is 1. The Balaban J connectivity index is 2.46. The van der Waals surface area contributed by atoms with Crippen molar-refractivity contribution in [3.05, 3.63) is 29.3 Å². The van der Waals surface area contributed by atoms with E-state index in [1.807, 2.05) is 0 Å². The summed E-state index contributed by atoms with van der Waals surface area (Å²) in [4.78, 5) is 22.2. The molecule has 0 aliphatic carbocycles. The van der Waals surface area contributed by atoms with Gasteiger partial charge in [-0.2, -0.15) is 0 Å². The summed E-state index contributed by atoms with van der Waals surface area (Å²) >= 11 is 6.67. The van der Waals surface area contributed by atoms with E-state index in [1.165, 1.54) is 7.11 Å². The second-order valence-corrected chi connectivity index (χ2v) is 4.11. The highest BCUT2D eigenvalue weighted by molar-refractivity contribution is 8.14. The molecule has 0 heterocycles. The minimum absolute atomic E-state index is 0.0210. The normalized spacial score (nSPS) is 9.62. The molecule has 0 bridgehead atoms. The van der Waals surface area contributed by atoms with Crippen LogP contribution in [0.15, 0.2) is 24.3 Å². The van der Waals surface area contributed by atoms with Crippen molar-refractivity contribution in [2.75, 3.05) is 18.2 Å². The zero-order valence-corrected chi connectivity index (χ0v) is 10.1. The van der Waals surface area contributed by atoms with Crippen molar-refractivity contribution in [1.82, 2.24) is 0 Å². The highest BCUT2D eigenvalue weighted by Gasteiger charge is 2.08. The summed E-state index contributed by atoms with van der Waals surface area (Å²) < 4.78 is 4.41.